The Morgan fingerprint density at radius 3 is 2.44 bits per heavy atom. The van der Waals surface area contributed by atoms with E-state index in [1.54, 1.807) is 50.0 Å². The fourth-order valence-electron chi connectivity index (χ4n) is 3.35. The van der Waals surface area contributed by atoms with Gasteiger partial charge in [0.2, 0.25) is 5.91 Å². The molecule has 2 aromatic heterocycles. The van der Waals surface area contributed by atoms with Gasteiger partial charge in [0.15, 0.2) is 10.9 Å². The van der Waals surface area contributed by atoms with Crippen molar-refractivity contribution >= 4 is 23.4 Å². The van der Waals surface area contributed by atoms with Gasteiger partial charge in [0.1, 0.15) is 11.4 Å². The largest absolute Gasteiger partial charge is 0.497 e. The van der Waals surface area contributed by atoms with Crippen LogP contribution in [-0.4, -0.2) is 43.3 Å². The molecular formula is C23H22N6O4S. The molecule has 0 radical (unpaired) electrons. The summed E-state index contributed by atoms with van der Waals surface area (Å²) in [6, 6.07) is 16.0. The molecule has 0 aliphatic rings. The lowest BCUT2D eigenvalue weighted by Gasteiger charge is -2.07. The summed E-state index contributed by atoms with van der Waals surface area (Å²) in [6.07, 6.45) is 0. The minimum Gasteiger partial charge on any atom is -0.497 e. The van der Waals surface area contributed by atoms with Gasteiger partial charge in [-0.1, -0.05) is 30.0 Å². The number of amides is 1. The van der Waals surface area contributed by atoms with Crippen molar-refractivity contribution in [2.75, 3.05) is 18.2 Å². The Morgan fingerprint density at radius 1 is 1.09 bits per heavy atom. The van der Waals surface area contributed by atoms with Crippen molar-refractivity contribution in [2.45, 2.75) is 12.1 Å². The summed E-state index contributed by atoms with van der Waals surface area (Å²) in [7, 11) is 3.31. The molecular weight excluding hydrogens is 456 g/mol. The average Bonchev–Trinajstić information content (AvgIpc) is 3.06. The van der Waals surface area contributed by atoms with Gasteiger partial charge in [-0.25, -0.2) is 4.68 Å². The van der Waals surface area contributed by atoms with Crippen molar-refractivity contribution in [1.82, 2.24) is 24.5 Å². The Kier molecular flexibility index (Phi) is 6.64. The van der Waals surface area contributed by atoms with Crippen molar-refractivity contribution in [2.24, 2.45) is 7.05 Å². The molecule has 0 unspecified atom stereocenters. The number of hydrogen-bond acceptors (Lipinski definition) is 7. The van der Waals surface area contributed by atoms with E-state index in [2.05, 4.69) is 20.5 Å². The van der Waals surface area contributed by atoms with Gasteiger partial charge in [-0.2, -0.15) is 0 Å². The lowest BCUT2D eigenvalue weighted by Crippen LogP contribution is -2.23. The molecule has 2 aromatic carbocycles. The third kappa shape index (κ3) is 4.64. The van der Waals surface area contributed by atoms with E-state index in [4.69, 9.17) is 4.74 Å². The van der Waals surface area contributed by atoms with E-state index in [1.807, 2.05) is 30.3 Å². The van der Waals surface area contributed by atoms with Crippen molar-refractivity contribution < 1.29 is 9.53 Å². The Labute approximate surface area is 198 Å². The van der Waals surface area contributed by atoms with E-state index in [9.17, 15) is 14.4 Å². The number of nitrogens with one attached hydrogen (secondary N) is 2. The Hall–Kier alpha value is -4.12. The van der Waals surface area contributed by atoms with Crippen LogP contribution in [0.25, 0.3) is 16.9 Å². The lowest BCUT2D eigenvalue weighted by molar-refractivity contribution is -0.113. The number of hydrogen-bond donors (Lipinski definition) is 2. The Morgan fingerprint density at radius 2 is 1.79 bits per heavy atom. The summed E-state index contributed by atoms with van der Waals surface area (Å²) in [5, 5.41) is 10.9. The first-order chi connectivity index (χ1) is 16.4. The first kappa shape index (κ1) is 23.1. The number of H-pyrrole nitrogens is 1. The summed E-state index contributed by atoms with van der Waals surface area (Å²) in [5.41, 5.74) is 1.51. The Balaban J connectivity index is 1.45. The number of methoxy groups -OCH3 is 1. The lowest BCUT2D eigenvalue weighted by atomic mass is 10.1. The first-order valence-electron chi connectivity index (χ1n) is 10.3. The number of carbonyl (C=O) groups excluding carboxylic acids is 1. The fraction of sp³-hybridized carbons (Fsp3) is 0.174. The summed E-state index contributed by atoms with van der Waals surface area (Å²) in [4.78, 5) is 40.5. The van der Waals surface area contributed by atoms with E-state index < -0.39 is 11.5 Å². The van der Waals surface area contributed by atoms with E-state index in [0.717, 1.165) is 11.8 Å². The molecule has 1 amide bonds. The molecule has 0 bridgehead atoms. The highest BCUT2D eigenvalue weighted by Gasteiger charge is 2.18. The molecule has 0 aliphatic heterocycles. The van der Waals surface area contributed by atoms with Gasteiger partial charge in [0.05, 0.1) is 24.2 Å². The molecule has 2 heterocycles. The molecule has 0 saturated heterocycles. The number of ether oxygens (including phenoxy) is 1. The number of aromatic amines is 1. The van der Waals surface area contributed by atoms with Crippen LogP contribution in [0, 0.1) is 6.92 Å². The maximum absolute atomic E-state index is 12.9. The van der Waals surface area contributed by atoms with Crippen LogP contribution in [-0.2, 0) is 11.8 Å². The topological polar surface area (TPSA) is 124 Å². The van der Waals surface area contributed by atoms with Crippen molar-refractivity contribution in [3.05, 3.63) is 81.0 Å². The van der Waals surface area contributed by atoms with Gasteiger partial charge in [-0.3, -0.25) is 24.0 Å². The number of aromatic nitrogens is 5. The highest BCUT2D eigenvalue weighted by atomic mass is 32.2. The molecule has 174 valence electrons. The van der Waals surface area contributed by atoms with Crippen LogP contribution < -0.4 is 21.2 Å². The number of anilines is 1. The van der Waals surface area contributed by atoms with Gasteiger partial charge < -0.3 is 10.1 Å². The second-order valence-electron chi connectivity index (χ2n) is 7.31. The third-order valence-corrected chi connectivity index (χ3v) is 6.06. The van der Waals surface area contributed by atoms with Crippen molar-refractivity contribution in [3.8, 4) is 22.7 Å². The van der Waals surface area contributed by atoms with Gasteiger partial charge in [0, 0.05) is 12.6 Å². The van der Waals surface area contributed by atoms with Gasteiger partial charge in [-0.05, 0) is 43.3 Å². The van der Waals surface area contributed by atoms with Gasteiger partial charge >= 0.3 is 0 Å². The molecule has 0 atom stereocenters. The van der Waals surface area contributed by atoms with Crippen LogP contribution >= 0.6 is 11.8 Å². The maximum atomic E-state index is 12.9. The molecule has 11 heteroatoms. The monoisotopic (exact) mass is 478 g/mol. The predicted octanol–water partition coefficient (Wildman–Crippen LogP) is 2.37. The first-order valence-corrected chi connectivity index (χ1v) is 11.3. The van der Waals surface area contributed by atoms with E-state index in [-0.39, 0.29) is 27.8 Å². The van der Waals surface area contributed by atoms with Gasteiger partial charge in [0.25, 0.3) is 11.1 Å². The summed E-state index contributed by atoms with van der Waals surface area (Å²) < 4.78 is 8.28. The highest BCUT2D eigenvalue weighted by Crippen LogP contribution is 2.19. The predicted molar refractivity (Wildman–Crippen MR) is 130 cm³/mol. The summed E-state index contributed by atoms with van der Waals surface area (Å²) in [6.45, 7) is 1.75. The number of benzene rings is 2. The van der Waals surface area contributed by atoms with E-state index >= 15 is 0 Å². The van der Waals surface area contributed by atoms with Crippen LogP contribution in [0.3, 0.4) is 0 Å². The molecule has 2 N–H and O–H groups in total. The minimum atomic E-state index is -0.423. The molecule has 34 heavy (non-hydrogen) atoms. The quantitative estimate of drug-likeness (QED) is 0.391. The molecule has 0 fully saturated rings. The smallest absolute Gasteiger partial charge is 0.295 e. The SMILES string of the molecule is COc1ccc(-c2nnc(SCC(=O)Nc3c(C)n(C)n(-c4ccccc4)c3=O)[nH]c2=O)cc1. The second-order valence-corrected chi connectivity index (χ2v) is 8.27. The van der Waals surface area contributed by atoms with E-state index in [1.165, 1.54) is 4.68 Å². The average molecular weight is 479 g/mol. The molecule has 4 rings (SSSR count). The number of rotatable bonds is 7. The highest BCUT2D eigenvalue weighted by molar-refractivity contribution is 7.99. The molecule has 0 aliphatic carbocycles. The normalized spacial score (nSPS) is 10.8. The molecule has 0 spiro atoms. The van der Waals surface area contributed by atoms with Crippen LogP contribution in [0.15, 0.2) is 69.3 Å². The van der Waals surface area contributed by atoms with Gasteiger partial charge in [-0.15, -0.1) is 10.2 Å². The van der Waals surface area contributed by atoms with E-state index in [0.29, 0.717) is 22.7 Å². The molecule has 10 nitrogen and oxygen atoms in total. The van der Waals surface area contributed by atoms with Crippen molar-refractivity contribution in [3.63, 3.8) is 0 Å². The second kappa shape index (κ2) is 9.79. The molecule has 0 saturated carbocycles. The van der Waals surface area contributed by atoms with Crippen LogP contribution in [0.5, 0.6) is 5.75 Å². The zero-order valence-corrected chi connectivity index (χ0v) is 19.5. The maximum Gasteiger partial charge on any atom is 0.295 e. The number of carbonyl (C=O) groups is 1. The third-order valence-electron chi connectivity index (χ3n) is 5.20. The number of para-hydroxylation sites is 1. The fourth-order valence-corrected chi connectivity index (χ4v) is 3.95. The number of nitrogens with zero attached hydrogens (tertiary/aromatic N) is 4. The zero-order chi connectivity index (χ0) is 24.2. The van der Waals surface area contributed by atoms with Crippen molar-refractivity contribution in [1.29, 1.82) is 0 Å². The molecule has 4 aromatic rings. The summed E-state index contributed by atoms with van der Waals surface area (Å²) in [5.74, 6) is 0.194. The Bertz CT molecular complexity index is 1440. The van der Waals surface area contributed by atoms with Crippen LogP contribution in [0.4, 0.5) is 5.69 Å². The summed E-state index contributed by atoms with van der Waals surface area (Å²) >= 11 is 1.01. The standard InChI is InChI=1S/C23H22N6O4S/c1-14-19(22(32)29(28(14)2)16-7-5-4-6-8-16)24-18(30)13-34-23-25-21(31)20(26-27-23)15-9-11-17(33-3)12-10-15/h4-12H,13H2,1-3H3,(H,24,30)(H,25,27,31). The van der Waals surface area contributed by atoms with Crippen LogP contribution in [0.2, 0.25) is 0 Å². The zero-order valence-electron chi connectivity index (χ0n) is 18.7. The minimum absolute atomic E-state index is 0.0639. The number of thioether (sulfide) groups is 1. The van der Waals surface area contributed by atoms with Crippen LogP contribution in [0.1, 0.15) is 5.69 Å².